The van der Waals surface area contributed by atoms with Gasteiger partial charge in [-0.1, -0.05) is 0 Å². The zero-order valence-corrected chi connectivity index (χ0v) is 10.7. The molecule has 0 bridgehead atoms. The predicted molar refractivity (Wildman–Crippen MR) is 69.4 cm³/mol. The van der Waals surface area contributed by atoms with E-state index in [1.165, 1.54) is 16.2 Å². The molecule has 2 aromatic heterocycles. The van der Waals surface area contributed by atoms with E-state index < -0.39 is 0 Å². The number of aliphatic hydroxyl groups is 1. The second-order valence-corrected chi connectivity index (χ2v) is 4.60. The number of aliphatic hydroxyl groups excluding tert-OH is 1. The topological polar surface area (TPSA) is 66.3 Å². The maximum Gasteiger partial charge on any atom is 0.255 e. The normalized spacial score (nSPS) is 10.3. The standard InChI is InChI=1S/C12H13N3O2S/c1-15(5-6-16)12(17)9-3-2-4-14-11(9)10-7-13-8-18-10/h2-4,7-8,16H,5-6H2,1H3. The minimum absolute atomic E-state index is 0.0571. The summed E-state index contributed by atoms with van der Waals surface area (Å²) in [5.41, 5.74) is 2.86. The van der Waals surface area contributed by atoms with Crippen LogP contribution < -0.4 is 0 Å². The molecule has 5 nitrogen and oxygen atoms in total. The number of hydrogen-bond donors (Lipinski definition) is 1. The molecule has 0 aromatic carbocycles. The number of rotatable bonds is 4. The number of aromatic nitrogens is 2. The number of likely N-dealkylation sites (N-methyl/N-ethyl adjacent to an activating group) is 1. The summed E-state index contributed by atoms with van der Waals surface area (Å²) in [5, 5.41) is 8.87. The van der Waals surface area contributed by atoms with Crippen LogP contribution in [0.5, 0.6) is 0 Å². The van der Waals surface area contributed by atoms with Crippen molar-refractivity contribution in [1.29, 1.82) is 0 Å². The van der Waals surface area contributed by atoms with Gasteiger partial charge < -0.3 is 10.0 Å². The van der Waals surface area contributed by atoms with Gasteiger partial charge in [0.15, 0.2) is 0 Å². The lowest BCUT2D eigenvalue weighted by atomic mass is 10.1. The summed E-state index contributed by atoms with van der Waals surface area (Å²) in [6, 6.07) is 3.46. The first-order valence-electron chi connectivity index (χ1n) is 5.44. The molecule has 0 aliphatic rings. The van der Waals surface area contributed by atoms with E-state index in [-0.39, 0.29) is 12.5 Å². The third kappa shape index (κ3) is 2.55. The molecule has 2 aromatic rings. The number of carbonyl (C=O) groups is 1. The Bertz CT molecular complexity index is 528. The summed E-state index contributed by atoms with van der Waals surface area (Å²) in [5.74, 6) is -0.152. The van der Waals surface area contributed by atoms with E-state index in [0.29, 0.717) is 17.8 Å². The highest BCUT2D eigenvalue weighted by molar-refractivity contribution is 7.13. The maximum absolute atomic E-state index is 12.2. The van der Waals surface area contributed by atoms with Crippen molar-refractivity contribution in [3.8, 4) is 10.6 Å². The minimum atomic E-state index is -0.152. The zero-order valence-electron chi connectivity index (χ0n) is 9.91. The summed E-state index contributed by atoms with van der Waals surface area (Å²) in [7, 11) is 1.65. The van der Waals surface area contributed by atoms with Gasteiger partial charge in [-0.15, -0.1) is 11.3 Å². The van der Waals surface area contributed by atoms with Gasteiger partial charge in [0.25, 0.3) is 5.91 Å². The van der Waals surface area contributed by atoms with Gasteiger partial charge in [0, 0.05) is 26.0 Å². The lowest BCUT2D eigenvalue weighted by molar-refractivity contribution is 0.0767. The average molecular weight is 263 g/mol. The molecule has 6 heteroatoms. The SMILES string of the molecule is CN(CCO)C(=O)c1cccnc1-c1cncs1. The molecule has 0 radical (unpaired) electrons. The van der Waals surface area contributed by atoms with Crippen molar-refractivity contribution >= 4 is 17.2 Å². The molecule has 0 aliphatic carbocycles. The van der Waals surface area contributed by atoms with Crippen LogP contribution in [0.25, 0.3) is 10.6 Å². The van der Waals surface area contributed by atoms with Crippen molar-refractivity contribution in [1.82, 2.24) is 14.9 Å². The molecule has 0 atom stereocenters. The van der Waals surface area contributed by atoms with Crippen LogP contribution in [0, 0.1) is 0 Å². The first-order chi connectivity index (χ1) is 8.74. The van der Waals surface area contributed by atoms with E-state index in [2.05, 4.69) is 9.97 Å². The van der Waals surface area contributed by atoms with E-state index in [9.17, 15) is 4.79 Å². The third-order valence-electron chi connectivity index (χ3n) is 2.49. The van der Waals surface area contributed by atoms with Gasteiger partial charge in [-0.25, -0.2) is 0 Å². The van der Waals surface area contributed by atoms with Gasteiger partial charge in [0.1, 0.15) is 0 Å². The number of hydrogen-bond acceptors (Lipinski definition) is 5. The van der Waals surface area contributed by atoms with E-state index in [0.717, 1.165) is 4.88 Å². The molecule has 1 amide bonds. The fourth-order valence-electron chi connectivity index (χ4n) is 1.56. The van der Waals surface area contributed by atoms with Crippen LogP contribution in [0.2, 0.25) is 0 Å². The minimum Gasteiger partial charge on any atom is -0.395 e. The van der Waals surface area contributed by atoms with Gasteiger partial charge in [0.2, 0.25) is 0 Å². The fraction of sp³-hybridized carbons (Fsp3) is 0.250. The van der Waals surface area contributed by atoms with Gasteiger partial charge >= 0.3 is 0 Å². The number of thiazole rings is 1. The maximum atomic E-state index is 12.2. The lowest BCUT2D eigenvalue weighted by Gasteiger charge is -2.16. The molecule has 18 heavy (non-hydrogen) atoms. The molecule has 0 aliphatic heterocycles. The highest BCUT2D eigenvalue weighted by atomic mass is 32.1. The Kier molecular flexibility index (Phi) is 4.01. The second-order valence-electron chi connectivity index (χ2n) is 3.72. The molecule has 2 rings (SSSR count). The van der Waals surface area contributed by atoms with Crippen LogP contribution in [0.15, 0.2) is 30.0 Å². The van der Waals surface area contributed by atoms with Crippen LogP contribution >= 0.6 is 11.3 Å². The molecule has 0 unspecified atom stereocenters. The van der Waals surface area contributed by atoms with Crippen molar-refractivity contribution in [2.24, 2.45) is 0 Å². The number of carbonyl (C=O) groups excluding carboxylic acids is 1. The van der Waals surface area contributed by atoms with Crippen LogP contribution in [-0.4, -0.2) is 46.1 Å². The Morgan fingerprint density at radius 3 is 3.06 bits per heavy atom. The van der Waals surface area contributed by atoms with Gasteiger partial charge in [0.05, 0.1) is 28.3 Å². The smallest absolute Gasteiger partial charge is 0.255 e. The number of nitrogens with zero attached hydrogens (tertiary/aromatic N) is 3. The molecule has 0 fully saturated rings. The van der Waals surface area contributed by atoms with Crippen LogP contribution in [0.4, 0.5) is 0 Å². The molecule has 0 spiro atoms. The largest absolute Gasteiger partial charge is 0.395 e. The Balaban J connectivity index is 2.36. The summed E-state index contributed by atoms with van der Waals surface area (Å²) in [4.78, 5) is 22.8. The highest BCUT2D eigenvalue weighted by Crippen LogP contribution is 2.25. The van der Waals surface area contributed by atoms with Crippen molar-refractivity contribution in [2.45, 2.75) is 0 Å². The molecule has 94 valence electrons. The number of amides is 1. The average Bonchev–Trinajstić information content (AvgIpc) is 2.92. The van der Waals surface area contributed by atoms with Crippen molar-refractivity contribution < 1.29 is 9.90 Å². The van der Waals surface area contributed by atoms with Crippen LogP contribution in [0.3, 0.4) is 0 Å². The Morgan fingerprint density at radius 1 is 1.56 bits per heavy atom. The van der Waals surface area contributed by atoms with E-state index in [1.54, 1.807) is 37.1 Å². The number of pyridine rings is 1. The van der Waals surface area contributed by atoms with Gasteiger partial charge in [-0.3, -0.25) is 14.8 Å². The second kappa shape index (κ2) is 5.70. The molecular formula is C12H13N3O2S. The van der Waals surface area contributed by atoms with Gasteiger partial charge in [-0.2, -0.15) is 0 Å². The summed E-state index contributed by atoms with van der Waals surface area (Å²) in [6.07, 6.45) is 3.34. The molecule has 2 heterocycles. The monoisotopic (exact) mass is 263 g/mol. The fourth-order valence-corrected chi connectivity index (χ4v) is 2.20. The Morgan fingerprint density at radius 2 is 2.39 bits per heavy atom. The van der Waals surface area contributed by atoms with Crippen molar-refractivity contribution in [3.05, 3.63) is 35.6 Å². The first-order valence-corrected chi connectivity index (χ1v) is 6.32. The Hall–Kier alpha value is -1.79. The molecule has 1 N–H and O–H groups in total. The van der Waals surface area contributed by atoms with Crippen LogP contribution in [0.1, 0.15) is 10.4 Å². The van der Waals surface area contributed by atoms with Crippen LogP contribution in [-0.2, 0) is 0 Å². The van der Waals surface area contributed by atoms with Gasteiger partial charge in [-0.05, 0) is 12.1 Å². The molecular weight excluding hydrogens is 250 g/mol. The summed E-state index contributed by atoms with van der Waals surface area (Å²) >= 11 is 1.44. The van der Waals surface area contributed by atoms with E-state index >= 15 is 0 Å². The first kappa shape index (κ1) is 12.7. The van der Waals surface area contributed by atoms with Crippen molar-refractivity contribution in [2.75, 3.05) is 20.2 Å². The summed E-state index contributed by atoms with van der Waals surface area (Å²) < 4.78 is 0. The third-order valence-corrected chi connectivity index (χ3v) is 3.27. The van der Waals surface area contributed by atoms with Crippen molar-refractivity contribution in [3.63, 3.8) is 0 Å². The Labute approximate surface area is 109 Å². The van der Waals surface area contributed by atoms with E-state index in [4.69, 9.17) is 5.11 Å². The molecule has 0 saturated heterocycles. The lowest BCUT2D eigenvalue weighted by Crippen LogP contribution is -2.30. The summed E-state index contributed by atoms with van der Waals surface area (Å²) in [6.45, 7) is 0.244. The highest BCUT2D eigenvalue weighted by Gasteiger charge is 2.17. The van der Waals surface area contributed by atoms with E-state index in [1.807, 2.05) is 0 Å². The molecule has 0 saturated carbocycles. The quantitative estimate of drug-likeness (QED) is 0.902. The predicted octanol–water partition coefficient (Wildman–Crippen LogP) is 1.27. The zero-order chi connectivity index (χ0) is 13.0.